The Morgan fingerprint density at radius 2 is 2.28 bits per heavy atom. The number of nitrogens with one attached hydrogen (secondary N) is 1. The van der Waals surface area contributed by atoms with Crippen molar-refractivity contribution < 1.29 is 9.53 Å². The van der Waals surface area contributed by atoms with Gasteiger partial charge in [0.25, 0.3) is 5.91 Å². The second-order valence-corrected chi connectivity index (χ2v) is 4.83. The number of amides is 1. The molecule has 0 saturated heterocycles. The van der Waals surface area contributed by atoms with E-state index in [1.54, 1.807) is 18.2 Å². The summed E-state index contributed by atoms with van der Waals surface area (Å²) in [6.07, 6.45) is 0. The summed E-state index contributed by atoms with van der Waals surface area (Å²) in [6.45, 7) is -0.181. The van der Waals surface area contributed by atoms with E-state index in [9.17, 15) is 4.79 Å². The highest BCUT2D eigenvalue weighted by molar-refractivity contribution is 7.13. The zero-order valence-corrected chi connectivity index (χ0v) is 11.2. The Balaban J connectivity index is 1.91. The third kappa shape index (κ3) is 3.56. The topological polar surface area (TPSA) is 64.1 Å². The van der Waals surface area contributed by atoms with E-state index < -0.39 is 0 Å². The molecule has 18 heavy (non-hydrogen) atoms. The highest BCUT2D eigenvalue weighted by Gasteiger charge is 2.08. The molecular formula is C10H7Cl2N3O2S. The van der Waals surface area contributed by atoms with Gasteiger partial charge in [-0.05, 0) is 12.1 Å². The lowest BCUT2D eigenvalue weighted by Gasteiger charge is -2.07. The third-order valence-electron chi connectivity index (χ3n) is 1.86. The number of nitrogens with zero attached hydrogens (tertiary/aromatic N) is 2. The molecule has 1 aromatic carbocycles. The molecule has 8 heteroatoms. The Bertz CT molecular complexity index is 548. The number of carbonyl (C=O) groups is 1. The molecule has 0 unspecified atom stereocenters. The molecule has 0 spiro atoms. The van der Waals surface area contributed by atoms with Crippen molar-refractivity contribution >= 4 is 45.6 Å². The minimum absolute atomic E-state index is 0.181. The molecule has 0 aliphatic heterocycles. The quantitative estimate of drug-likeness (QED) is 0.943. The van der Waals surface area contributed by atoms with Crippen molar-refractivity contribution in [1.29, 1.82) is 0 Å². The zero-order chi connectivity index (χ0) is 13.0. The summed E-state index contributed by atoms with van der Waals surface area (Å²) in [6, 6.07) is 4.78. The molecule has 2 aromatic rings. The van der Waals surface area contributed by atoms with E-state index in [-0.39, 0.29) is 12.5 Å². The number of halogens is 2. The molecule has 1 heterocycles. The smallest absolute Gasteiger partial charge is 0.264 e. The molecule has 0 aliphatic rings. The molecule has 2 rings (SSSR count). The van der Waals surface area contributed by atoms with E-state index in [1.807, 2.05) is 0 Å². The summed E-state index contributed by atoms with van der Waals surface area (Å²) < 4.78 is 5.26. The minimum atomic E-state index is -0.345. The molecule has 5 nitrogen and oxygen atoms in total. The Morgan fingerprint density at radius 1 is 1.44 bits per heavy atom. The molecule has 0 fully saturated rings. The largest absolute Gasteiger partial charge is 0.482 e. The standard InChI is InChI=1S/C10H7Cl2N3O2S/c11-6-1-2-7(12)8(3-6)17-4-9(16)14-10-15-13-5-18-10/h1-3,5H,4H2,(H,14,15,16). The minimum Gasteiger partial charge on any atom is -0.482 e. The molecule has 1 N–H and O–H groups in total. The number of anilines is 1. The van der Waals surface area contributed by atoms with E-state index in [0.29, 0.717) is 20.9 Å². The number of aromatic nitrogens is 2. The summed E-state index contributed by atoms with van der Waals surface area (Å²) in [4.78, 5) is 11.5. The average Bonchev–Trinajstić information content (AvgIpc) is 2.83. The number of ether oxygens (including phenoxy) is 1. The molecular weight excluding hydrogens is 297 g/mol. The maximum absolute atomic E-state index is 11.5. The summed E-state index contributed by atoms with van der Waals surface area (Å²) in [5, 5.41) is 11.1. The monoisotopic (exact) mass is 303 g/mol. The summed E-state index contributed by atoms with van der Waals surface area (Å²) in [7, 11) is 0. The first-order valence-corrected chi connectivity index (χ1v) is 6.42. The maximum Gasteiger partial charge on any atom is 0.264 e. The van der Waals surface area contributed by atoms with Gasteiger partial charge in [0, 0.05) is 11.1 Å². The van der Waals surface area contributed by atoms with Crippen LogP contribution in [0.3, 0.4) is 0 Å². The Hall–Kier alpha value is -1.37. The van der Waals surface area contributed by atoms with E-state index in [4.69, 9.17) is 27.9 Å². The lowest BCUT2D eigenvalue weighted by molar-refractivity contribution is -0.118. The van der Waals surface area contributed by atoms with E-state index in [1.165, 1.54) is 16.8 Å². The van der Waals surface area contributed by atoms with Gasteiger partial charge in [-0.2, -0.15) is 0 Å². The number of carbonyl (C=O) groups excluding carboxylic acids is 1. The summed E-state index contributed by atoms with van der Waals surface area (Å²) >= 11 is 12.9. The van der Waals surface area contributed by atoms with Crippen molar-refractivity contribution in [3.63, 3.8) is 0 Å². The molecule has 0 atom stereocenters. The first kappa shape index (κ1) is 13.1. The van der Waals surface area contributed by atoms with Gasteiger partial charge in [0.2, 0.25) is 5.13 Å². The van der Waals surface area contributed by atoms with Crippen LogP contribution in [-0.2, 0) is 4.79 Å². The normalized spacial score (nSPS) is 10.1. The fourth-order valence-electron chi connectivity index (χ4n) is 1.11. The van der Waals surface area contributed by atoms with E-state index in [2.05, 4.69) is 15.5 Å². The maximum atomic E-state index is 11.5. The Morgan fingerprint density at radius 3 is 3.00 bits per heavy atom. The Labute approximate surface area is 117 Å². The van der Waals surface area contributed by atoms with Crippen LogP contribution in [-0.4, -0.2) is 22.7 Å². The average molecular weight is 304 g/mol. The lowest BCUT2D eigenvalue weighted by atomic mass is 10.3. The van der Waals surface area contributed by atoms with Gasteiger partial charge in [-0.25, -0.2) is 0 Å². The predicted octanol–water partition coefficient (Wildman–Crippen LogP) is 2.86. The van der Waals surface area contributed by atoms with Crippen LogP contribution in [0, 0.1) is 0 Å². The second-order valence-electron chi connectivity index (χ2n) is 3.16. The van der Waals surface area contributed by atoms with E-state index >= 15 is 0 Å². The molecule has 94 valence electrons. The Kier molecular flexibility index (Phi) is 4.35. The van der Waals surface area contributed by atoms with Gasteiger partial charge >= 0.3 is 0 Å². The van der Waals surface area contributed by atoms with Crippen LogP contribution in [0.2, 0.25) is 10.0 Å². The van der Waals surface area contributed by atoms with Crippen molar-refractivity contribution in [1.82, 2.24) is 10.2 Å². The third-order valence-corrected chi connectivity index (χ3v) is 3.01. The zero-order valence-electron chi connectivity index (χ0n) is 8.89. The van der Waals surface area contributed by atoms with Gasteiger partial charge in [0.05, 0.1) is 5.02 Å². The number of hydrogen-bond donors (Lipinski definition) is 1. The van der Waals surface area contributed by atoms with Gasteiger partial charge < -0.3 is 4.74 Å². The van der Waals surface area contributed by atoms with Crippen molar-refractivity contribution in [2.45, 2.75) is 0 Å². The van der Waals surface area contributed by atoms with Crippen LogP contribution in [0.4, 0.5) is 5.13 Å². The number of hydrogen-bond acceptors (Lipinski definition) is 5. The number of benzene rings is 1. The molecule has 0 radical (unpaired) electrons. The SMILES string of the molecule is O=C(COc1cc(Cl)ccc1Cl)Nc1nncs1. The van der Waals surface area contributed by atoms with Gasteiger partial charge in [0.1, 0.15) is 11.3 Å². The summed E-state index contributed by atoms with van der Waals surface area (Å²) in [5.41, 5.74) is 1.52. The van der Waals surface area contributed by atoms with Crippen LogP contribution in [0.1, 0.15) is 0 Å². The summed E-state index contributed by atoms with van der Waals surface area (Å²) in [5.74, 6) is 0.0133. The molecule has 1 aromatic heterocycles. The molecule has 0 aliphatic carbocycles. The molecule has 0 bridgehead atoms. The van der Waals surface area contributed by atoms with Crippen molar-refractivity contribution in [2.24, 2.45) is 0 Å². The van der Waals surface area contributed by atoms with Gasteiger partial charge in [-0.15, -0.1) is 10.2 Å². The fraction of sp³-hybridized carbons (Fsp3) is 0.100. The first-order chi connectivity index (χ1) is 8.65. The van der Waals surface area contributed by atoms with Crippen LogP contribution in [0.25, 0.3) is 0 Å². The van der Waals surface area contributed by atoms with Crippen LogP contribution >= 0.6 is 34.5 Å². The van der Waals surface area contributed by atoms with Crippen molar-refractivity contribution in [2.75, 3.05) is 11.9 Å². The first-order valence-electron chi connectivity index (χ1n) is 4.79. The van der Waals surface area contributed by atoms with Crippen molar-refractivity contribution in [3.8, 4) is 5.75 Å². The van der Waals surface area contributed by atoms with Gasteiger partial charge in [-0.3, -0.25) is 10.1 Å². The van der Waals surface area contributed by atoms with E-state index in [0.717, 1.165) is 0 Å². The highest BCUT2D eigenvalue weighted by Crippen LogP contribution is 2.27. The van der Waals surface area contributed by atoms with Crippen LogP contribution in [0.5, 0.6) is 5.75 Å². The van der Waals surface area contributed by atoms with Gasteiger partial charge in [0.15, 0.2) is 6.61 Å². The fourth-order valence-corrected chi connectivity index (χ4v) is 1.91. The molecule has 0 saturated carbocycles. The predicted molar refractivity (Wildman–Crippen MR) is 70.5 cm³/mol. The highest BCUT2D eigenvalue weighted by atomic mass is 35.5. The van der Waals surface area contributed by atoms with Crippen LogP contribution < -0.4 is 10.1 Å². The van der Waals surface area contributed by atoms with Gasteiger partial charge in [-0.1, -0.05) is 34.5 Å². The van der Waals surface area contributed by atoms with Crippen molar-refractivity contribution in [3.05, 3.63) is 33.8 Å². The number of rotatable bonds is 4. The molecule has 1 amide bonds. The second kappa shape index (κ2) is 5.99. The van der Waals surface area contributed by atoms with Crippen LogP contribution in [0.15, 0.2) is 23.7 Å². The lowest BCUT2D eigenvalue weighted by Crippen LogP contribution is -2.20.